The van der Waals surface area contributed by atoms with Crippen LogP contribution in [0.2, 0.25) is 0 Å². The summed E-state index contributed by atoms with van der Waals surface area (Å²) >= 11 is 0. The molecule has 0 aliphatic heterocycles. The van der Waals surface area contributed by atoms with Crippen LogP contribution in [0, 0.1) is 28.6 Å². The fraction of sp³-hybridized carbons (Fsp3) is 0.556. The molecule has 2 unspecified atom stereocenters. The molecule has 0 spiro atoms. The van der Waals surface area contributed by atoms with Gasteiger partial charge in [-0.1, -0.05) is 25.8 Å². The van der Waals surface area contributed by atoms with E-state index in [9.17, 15) is 34.3 Å². The number of ketones is 4. The molecule has 2 saturated carbocycles. The van der Waals surface area contributed by atoms with Gasteiger partial charge in [0.05, 0.1) is 23.2 Å². The maximum Gasteiger partial charge on any atom is 0.235 e. The van der Waals surface area contributed by atoms with E-state index in [1.54, 1.807) is 12.1 Å². The third-order valence-corrected chi connectivity index (χ3v) is 8.62. The van der Waals surface area contributed by atoms with Crippen molar-refractivity contribution >= 4 is 29.0 Å². The van der Waals surface area contributed by atoms with Crippen molar-refractivity contribution in [1.82, 2.24) is 4.90 Å². The van der Waals surface area contributed by atoms with E-state index >= 15 is 0 Å². The zero-order valence-corrected chi connectivity index (χ0v) is 21.7. The van der Waals surface area contributed by atoms with E-state index in [4.69, 9.17) is 17.2 Å². The van der Waals surface area contributed by atoms with Gasteiger partial charge in [-0.05, 0) is 57.0 Å². The molecule has 2 fully saturated rings. The zero-order chi connectivity index (χ0) is 28.4. The Morgan fingerprint density at radius 2 is 1.82 bits per heavy atom. The molecule has 3 aliphatic rings. The van der Waals surface area contributed by atoms with Crippen LogP contribution in [0.5, 0.6) is 5.75 Å². The first kappa shape index (κ1) is 27.6. The first-order valence-corrected chi connectivity index (χ1v) is 12.7. The van der Waals surface area contributed by atoms with Gasteiger partial charge in [-0.3, -0.25) is 28.9 Å². The summed E-state index contributed by atoms with van der Waals surface area (Å²) < 4.78 is 0. The number of aryl methyl sites for hydroxylation is 1. The molecule has 0 radical (unpaired) electrons. The lowest BCUT2D eigenvalue weighted by molar-refractivity contribution is -0.166. The number of primary amides is 1. The molecule has 0 heterocycles. The number of hydrogen-bond donors (Lipinski definition) is 4. The number of benzene rings is 1. The van der Waals surface area contributed by atoms with Gasteiger partial charge in [0.2, 0.25) is 5.91 Å². The number of phenolic OH excluding ortho intramolecular Hbond substituents is 1. The number of Topliss-reactive ketones (excluding diaryl/α,β-unsaturated/α-hetero) is 4. The van der Waals surface area contributed by atoms with E-state index in [-0.39, 0.29) is 17.7 Å². The number of hydrogen-bond acceptors (Lipinski definition) is 10. The fourth-order valence-electron chi connectivity index (χ4n) is 7.07. The standard InChI is InChI=1S/C27H33N5O6/c1-4-5-6-7-13-8-9-15(33)16-14(13)10-25(30)11-27(31)21(32(2)3)20(35)17(24(29)38)22(36)26(27,12-28)23(37)18(25)19(16)34/h8-9,17-18,21,33H,4-7,10-11,30-31H2,1-3H3,(H2,29,38)/t17?,18?,21-,25-,26+,27-/m1/s1. The van der Waals surface area contributed by atoms with Gasteiger partial charge in [-0.25, -0.2) is 0 Å². The van der Waals surface area contributed by atoms with Crippen LogP contribution in [0.4, 0.5) is 0 Å². The van der Waals surface area contributed by atoms with E-state index in [1.807, 2.05) is 0 Å². The van der Waals surface area contributed by atoms with Crippen molar-refractivity contribution in [2.45, 2.75) is 62.6 Å². The topological polar surface area (TPSA) is 211 Å². The number of unbranched alkanes of at least 4 members (excludes halogenated alkanes) is 2. The average Bonchev–Trinajstić information content (AvgIpc) is 2.79. The molecular formula is C27H33N5O6. The van der Waals surface area contributed by atoms with Crippen LogP contribution >= 0.6 is 0 Å². The zero-order valence-electron chi connectivity index (χ0n) is 21.7. The van der Waals surface area contributed by atoms with E-state index in [2.05, 4.69) is 6.92 Å². The minimum Gasteiger partial charge on any atom is -0.507 e. The second-order valence-corrected chi connectivity index (χ2v) is 11.2. The van der Waals surface area contributed by atoms with Crippen molar-refractivity contribution in [3.63, 3.8) is 0 Å². The highest BCUT2D eigenvalue weighted by atomic mass is 16.3. The van der Waals surface area contributed by atoms with E-state index in [0.717, 1.165) is 24.8 Å². The van der Waals surface area contributed by atoms with Crippen molar-refractivity contribution in [3.05, 3.63) is 28.8 Å². The SMILES string of the molecule is CCCCCc1ccc(O)c2c1C[C@@]1(N)C[C@@]3(N)[C@H](N(C)C)C(=O)C(C(N)=O)C(=O)[C@@]3(C#N)C(=O)C1C2=O. The van der Waals surface area contributed by atoms with Crippen molar-refractivity contribution in [2.75, 3.05) is 14.1 Å². The highest BCUT2D eigenvalue weighted by Crippen LogP contribution is 2.56. The van der Waals surface area contributed by atoms with E-state index in [1.165, 1.54) is 25.1 Å². The quantitative estimate of drug-likeness (QED) is 0.278. The second kappa shape index (κ2) is 9.08. The van der Waals surface area contributed by atoms with Crippen molar-refractivity contribution < 1.29 is 29.1 Å². The third kappa shape index (κ3) is 3.40. The Balaban J connectivity index is 1.96. The molecule has 1 amide bonds. The van der Waals surface area contributed by atoms with Gasteiger partial charge in [0.25, 0.3) is 0 Å². The maximum atomic E-state index is 14.3. The van der Waals surface area contributed by atoms with Crippen LogP contribution in [0.1, 0.15) is 54.1 Å². The fourth-order valence-corrected chi connectivity index (χ4v) is 7.07. The minimum absolute atomic E-state index is 0.0391. The van der Waals surface area contributed by atoms with E-state index < -0.39 is 69.8 Å². The Morgan fingerprint density at radius 1 is 1.16 bits per heavy atom. The summed E-state index contributed by atoms with van der Waals surface area (Å²) in [5, 5.41) is 21.1. The number of carbonyl (C=O) groups is 5. The predicted octanol–water partition coefficient (Wildman–Crippen LogP) is -0.459. The minimum atomic E-state index is -2.73. The predicted molar refractivity (Wildman–Crippen MR) is 135 cm³/mol. The van der Waals surface area contributed by atoms with Crippen LogP contribution in [0.3, 0.4) is 0 Å². The molecule has 1 aromatic rings. The summed E-state index contributed by atoms with van der Waals surface area (Å²) in [5.41, 5.74) is 13.7. The number of rotatable bonds is 6. The maximum absolute atomic E-state index is 14.3. The van der Waals surface area contributed by atoms with Crippen molar-refractivity contribution in [3.8, 4) is 11.8 Å². The molecule has 4 rings (SSSR count). The molecule has 11 heteroatoms. The molecule has 0 bridgehead atoms. The number of nitriles is 1. The van der Waals surface area contributed by atoms with Gasteiger partial charge in [0.15, 0.2) is 34.5 Å². The van der Waals surface area contributed by atoms with Crippen molar-refractivity contribution in [1.29, 1.82) is 5.26 Å². The molecule has 38 heavy (non-hydrogen) atoms. The molecule has 6 atom stereocenters. The number of nitrogens with two attached hydrogens (primary N) is 3. The normalized spacial score (nSPS) is 34.4. The Kier molecular flexibility index (Phi) is 6.59. The molecule has 0 saturated heterocycles. The van der Waals surface area contributed by atoms with Gasteiger partial charge in [0.1, 0.15) is 11.7 Å². The van der Waals surface area contributed by atoms with Crippen LogP contribution in [0.25, 0.3) is 0 Å². The Bertz CT molecular complexity index is 1320. The largest absolute Gasteiger partial charge is 0.507 e. The Labute approximate surface area is 220 Å². The first-order chi connectivity index (χ1) is 17.7. The number of nitrogens with zero attached hydrogens (tertiary/aromatic N) is 2. The van der Waals surface area contributed by atoms with Crippen molar-refractivity contribution in [2.24, 2.45) is 34.5 Å². The molecule has 3 aliphatic carbocycles. The monoisotopic (exact) mass is 523 g/mol. The first-order valence-electron chi connectivity index (χ1n) is 12.7. The number of likely N-dealkylation sites (N-methyl/N-ethyl adjacent to an activating group) is 1. The van der Waals surface area contributed by atoms with Gasteiger partial charge >= 0.3 is 0 Å². The molecule has 202 valence electrons. The third-order valence-electron chi connectivity index (χ3n) is 8.62. The molecular weight excluding hydrogens is 490 g/mol. The average molecular weight is 524 g/mol. The summed E-state index contributed by atoms with van der Waals surface area (Å²) in [4.78, 5) is 68.8. The number of aromatic hydroxyl groups is 1. The lowest BCUT2D eigenvalue weighted by atomic mass is 9.42. The molecule has 1 aromatic carbocycles. The molecule has 11 nitrogen and oxygen atoms in total. The lowest BCUT2D eigenvalue weighted by Crippen LogP contribution is -2.85. The van der Waals surface area contributed by atoms with E-state index in [0.29, 0.717) is 12.0 Å². The smallest absolute Gasteiger partial charge is 0.235 e. The van der Waals surface area contributed by atoms with Gasteiger partial charge in [-0.2, -0.15) is 5.26 Å². The second-order valence-electron chi connectivity index (χ2n) is 11.2. The Hall–Kier alpha value is -3.46. The van der Waals surface area contributed by atoms with Crippen LogP contribution in [-0.4, -0.2) is 70.3 Å². The summed E-state index contributed by atoms with van der Waals surface area (Å²) in [6, 6.07) is 3.39. The summed E-state index contributed by atoms with van der Waals surface area (Å²) in [7, 11) is 2.94. The Morgan fingerprint density at radius 3 is 2.37 bits per heavy atom. The highest BCUT2D eigenvalue weighted by Gasteiger charge is 2.78. The summed E-state index contributed by atoms with van der Waals surface area (Å²) in [5.74, 6) is -9.66. The lowest BCUT2D eigenvalue weighted by Gasteiger charge is -2.60. The summed E-state index contributed by atoms with van der Waals surface area (Å²) in [6.45, 7) is 2.06. The van der Waals surface area contributed by atoms with Gasteiger partial charge in [0, 0.05) is 5.54 Å². The highest BCUT2D eigenvalue weighted by molar-refractivity contribution is 6.33. The molecule has 0 aromatic heterocycles. The summed E-state index contributed by atoms with van der Waals surface area (Å²) in [6.07, 6.45) is 2.92. The van der Waals surface area contributed by atoms with Crippen LogP contribution in [-0.2, 0) is 32.0 Å². The van der Waals surface area contributed by atoms with Gasteiger partial charge < -0.3 is 22.3 Å². The number of carbonyl (C=O) groups excluding carboxylic acids is 5. The van der Waals surface area contributed by atoms with Crippen LogP contribution in [0.15, 0.2) is 12.1 Å². The molecule has 7 N–H and O–H groups in total. The van der Waals surface area contributed by atoms with Crippen LogP contribution < -0.4 is 17.2 Å². The number of amides is 1. The number of phenols is 1. The number of fused-ring (bicyclic) bond motifs is 3. The van der Waals surface area contributed by atoms with Gasteiger partial charge in [-0.15, -0.1) is 0 Å².